The molecule has 1 aromatic heterocycles. The fourth-order valence-electron chi connectivity index (χ4n) is 1.16. The van der Waals surface area contributed by atoms with Crippen molar-refractivity contribution in [3.8, 4) is 11.5 Å². The summed E-state index contributed by atoms with van der Waals surface area (Å²) in [6.07, 6.45) is 1.69. The summed E-state index contributed by atoms with van der Waals surface area (Å²) in [6.45, 7) is 7.50. The van der Waals surface area contributed by atoms with E-state index in [1.54, 1.807) is 6.20 Å². The Labute approximate surface area is 77.2 Å². The first kappa shape index (κ1) is 8.05. The van der Waals surface area contributed by atoms with Gasteiger partial charge in [0.2, 0.25) is 5.89 Å². The second-order valence-corrected chi connectivity index (χ2v) is 2.90. The van der Waals surface area contributed by atoms with Gasteiger partial charge in [0.25, 0.3) is 0 Å². The zero-order chi connectivity index (χ0) is 9.26. The van der Waals surface area contributed by atoms with Crippen LogP contribution < -0.4 is 0 Å². The number of hydrogen-bond donors (Lipinski definition) is 0. The van der Waals surface area contributed by atoms with E-state index in [1.807, 2.05) is 31.2 Å². The Morgan fingerprint density at radius 3 is 2.85 bits per heavy atom. The van der Waals surface area contributed by atoms with Crippen molar-refractivity contribution in [3.63, 3.8) is 0 Å². The topological polar surface area (TPSA) is 26.0 Å². The number of nitrogens with zero attached hydrogens (tertiary/aromatic N) is 1. The standard InChI is InChI=1S/C11H9NO/c1-8-4-3-5-10(6-8)11-12-7-9(2)13-11/h1,3-7H,2H3. The van der Waals surface area contributed by atoms with Crippen molar-refractivity contribution >= 4 is 0 Å². The van der Waals surface area contributed by atoms with Gasteiger partial charge in [0, 0.05) is 5.56 Å². The van der Waals surface area contributed by atoms with Crippen LogP contribution in [-0.2, 0) is 0 Å². The molecule has 0 atom stereocenters. The van der Waals surface area contributed by atoms with Gasteiger partial charge in [-0.25, -0.2) is 4.98 Å². The first-order chi connectivity index (χ1) is 6.25. The molecule has 2 nitrogen and oxygen atoms in total. The van der Waals surface area contributed by atoms with Crippen LogP contribution in [0.5, 0.6) is 0 Å². The van der Waals surface area contributed by atoms with E-state index in [0.717, 1.165) is 11.3 Å². The summed E-state index contributed by atoms with van der Waals surface area (Å²) < 4.78 is 5.36. The first-order valence-corrected chi connectivity index (χ1v) is 4.04. The molecule has 2 aromatic rings. The van der Waals surface area contributed by atoms with Crippen LogP contribution in [0.15, 0.2) is 34.9 Å². The maximum atomic E-state index is 5.63. The van der Waals surface area contributed by atoms with Gasteiger partial charge >= 0.3 is 0 Å². The molecular formula is C11H9NO. The largest absolute Gasteiger partial charge is 0.441 e. The van der Waals surface area contributed by atoms with Crippen molar-refractivity contribution in [3.05, 3.63) is 48.7 Å². The lowest BCUT2D eigenvalue weighted by atomic mass is 10.1. The van der Waals surface area contributed by atoms with Gasteiger partial charge in [-0.3, -0.25) is 0 Å². The van der Waals surface area contributed by atoms with Crippen LogP contribution in [0.1, 0.15) is 11.3 Å². The zero-order valence-electron chi connectivity index (χ0n) is 7.32. The Kier molecular flexibility index (Phi) is 1.89. The van der Waals surface area contributed by atoms with Crippen LogP contribution in [-0.4, -0.2) is 4.98 Å². The minimum Gasteiger partial charge on any atom is -0.441 e. The number of benzene rings is 1. The van der Waals surface area contributed by atoms with E-state index < -0.39 is 0 Å². The second kappa shape index (κ2) is 3.05. The van der Waals surface area contributed by atoms with Crippen molar-refractivity contribution < 1.29 is 4.42 Å². The zero-order valence-corrected chi connectivity index (χ0v) is 7.32. The molecule has 0 saturated carbocycles. The summed E-state index contributed by atoms with van der Waals surface area (Å²) in [6, 6.07) is 7.47. The molecule has 0 aliphatic heterocycles. The highest BCUT2D eigenvalue weighted by molar-refractivity contribution is 5.54. The van der Waals surface area contributed by atoms with E-state index in [4.69, 9.17) is 11.3 Å². The molecule has 0 N–H and O–H groups in total. The van der Waals surface area contributed by atoms with Crippen molar-refractivity contribution in [2.24, 2.45) is 0 Å². The second-order valence-electron chi connectivity index (χ2n) is 2.90. The number of hydrogen-bond acceptors (Lipinski definition) is 2. The third-order valence-electron chi connectivity index (χ3n) is 1.75. The van der Waals surface area contributed by atoms with Crippen LogP contribution in [0.2, 0.25) is 0 Å². The van der Waals surface area contributed by atoms with Gasteiger partial charge in [0.15, 0.2) is 0 Å². The molecule has 0 fully saturated rings. The molecule has 0 unspecified atom stereocenters. The highest BCUT2D eigenvalue weighted by Gasteiger charge is 2.03. The highest BCUT2D eigenvalue weighted by Crippen LogP contribution is 2.19. The van der Waals surface area contributed by atoms with Crippen molar-refractivity contribution in [1.29, 1.82) is 0 Å². The summed E-state index contributed by atoms with van der Waals surface area (Å²) in [7, 11) is 0. The van der Waals surface area contributed by atoms with E-state index in [1.165, 1.54) is 0 Å². The number of aromatic nitrogens is 1. The molecule has 0 bridgehead atoms. The molecule has 0 aliphatic carbocycles. The lowest BCUT2D eigenvalue weighted by Gasteiger charge is -1.95. The number of oxazole rings is 1. The monoisotopic (exact) mass is 171 g/mol. The maximum absolute atomic E-state index is 5.63. The fraction of sp³-hybridized carbons (Fsp3) is 0.0909. The quantitative estimate of drug-likeness (QED) is 0.659. The molecule has 1 aromatic carbocycles. The Balaban J connectivity index is 2.46. The number of rotatable bonds is 1. The SMILES string of the molecule is [CH]c1cccc(-c2ncc(C)o2)c1. The van der Waals surface area contributed by atoms with Crippen molar-refractivity contribution in [2.75, 3.05) is 0 Å². The Morgan fingerprint density at radius 2 is 2.23 bits per heavy atom. The molecule has 2 heteroatoms. The van der Waals surface area contributed by atoms with Gasteiger partial charge in [-0.15, -0.1) is 0 Å². The van der Waals surface area contributed by atoms with Gasteiger partial charge in [0.05, 0.1) is 6.20 Å². The van der Waals surface area contributed by atoms with Crippen LogP contribution in [0.25, 0.3) is 11.5 Å². The fourth-order valence-corrected chi connectivity index (χ4v) is 1.16. The van der Waals surface area contributed by atoms with Crippen molar-refractivity contribution in [2.45, 2.75) is 6.92 Å². The number of aryl methyl sites for hydroxylation is 1. The molecular weight excluding hydrogens is 162 g/mol. The van der Waals surface area contributed by atoms with E-state index in [-0.39, 0.29) is 0 Å². The predicted octanol–water partition coefficient (Wildman–Crippen LogP) is 2.71. The molecule has 2 radical (unpaired) electrons. The first-order valence-electron chi connectivity index (χ1n) is 4.04. The van der Waals surface area contributed by atoms with E-state index in [2.05, 4.69) is 4.98 Å². The van der Waals surface area contributed by atoms with Crippen LogP contribution >= 0.6 is 0 Å². The molecule has 0 spiro atoms. The van der Waals surface area contributed by atoms with Gasteiger partial charge in [-0.05, 0) is 31.5 Å². The predicted molar refractivity (Wildman–Crippen MR) is 50.1 cm³/mol. The lowest BCUT2D eigenvalue weighted by Crippen LogP contribution is -1.77. The molecule has 0 saturated heterocycles. The maximum Gasteiger partial charge on any atom is 0.226 e. The smallest absolute Gasteiger partial charge is 0.226 e. The van der Waals surface area contributed by atoms with Crippen LogP contribution in [0.4, 0.5) is 0 Å². The summed E-state index contributed by atoms with van der Waals surface area (Å²) >= 11 is 0. The van der Waals surface area contributed by atoms with E-state index >= 15 is 0 Å². The normalized spacial score (nSPS) is 10.3. The Bertz CT molecular complexity index is 418. The van der Waals surface area contributed by atoms with E-state index in [9.17, 15) is 0 Å². The molecule has 2 rings (SSSR count). The third-order valence-corrected chi connectivity index (χ3v) is 1.75. The van der Waals surface area contributed by atoms with Crippen LogP contribution in [0.3, 0.4) is 0 Å². The summed E-state index contributed by atoms with van der Waals surface area (Å²) in [5.41, 5.74) is 1.63. The van der Waals surface area contributed by atoms with Gasteiger partial charge in [-0.1, -0.05) is 12.1 Å². The van der Waals surface area contributed by atoms with Gasteiger partial charge < -0.3 is 4.42 Å². The average molecular weight is 171 g/mol. The minimum atomic E-state index is 0.616. The molecule has 13 heavy (non-hydrogen) atoms. The van der Waals surface area contributed by atoms with Gasteiger partial charge in [-0.2, -0.15) is 0 Å². The molecule has 0 aliphatic rings. The average Bonchev–Trinajstić information content (AvgIpc) is 2.52. The van der Waals surface area contributed by atoms with Gasteiger partial charge in [0.1, 0.15) is 5.76 Å². The third kappa shape index (κ3) is 1.61. The molecule has 64 valence electrons. The summed E-state index contributed by atoms with van der Waals surface area (Å²) in [5, 5.41) is 0. The summed E-state index contributed by atoms with van der Waals surface area (Å²) in [5.74, 6) is 1.42. The van der Waals surface area contributed by atoms with Crippen molar-refractivity contribution in [1.82, 2.24) is 4.98 Å². The highest BCUT2D eigenvalue weighted by atomic mass is 16.4. The minimum absolute atomic E-state index is 0.616. The Morgan fingerprint density at radius 1 is 1.38 bits per heavy atom. The lowest BCUT2D eigenvalue weighted by molar-refractivity contribution is 0.542. The van der Waals surface area contributed by atoms with Crippen LogP contribution in [0, 0.1) is 13.8 Å². The molecule has 1 heterocycles. The van der Waals surface area contributed by atoms with E-state index in [0.29, 0.717) is 11.5 Å². The Hall–Kier alpha value is -1.57. The molecule has 0 amide bonds. The summed E-state index contributed by atoms with van der Waals surface area (Å²) in [4.78, 5) is 4.10.